The Bertz CT molecular complexity index is 398. The summed E-state index contributed by atoms with van der Waals surface area (Å²) < 4.78 is 8.99. The van der Waals surface area contributed by atoms with Gasteiger partial charge in [0.2, 0.25) is 0 Å². The fourth-order valence-electron chi connectivity index (χ4n) is 0.939. The maximum Gasteiger partial charge on any atom is 0.339 e. The molecule has 0 bridgehead atoms. The fraction of sp³-hybridized carbons (Fsp3) is 0.167. The minimum atomic E-state index is -0.970. The standard InChI is InChI=1S/C8H8O3.C4H6O2/c1-11-7-5-3-2-4-6(7)8(9)10;1-3-6-4(2)5/h2-5H,1H3,(H,9,10);3H,1H2,2H3. The molecule has 1 aromatic rings. The van der Waals surface area contributed by atoms with Crippen LogP contribution in [0.3, 0.4) is 0 Å². The van der Waals surface area contributed by atoms with Crippen LogP contribution in [0.1, 0.15) is 17.3 Å². The molecule has 0 aromatic heterocycles. The number of carboxylic acid groups (broad SMARTS) is 1. The van der Waals surface area contributed by atoms with Crippen LogP contribution in [0.15, 0.2) is 37.1 Å². The van der Waals surface area contributed by atoms with Crippen molar-refractivity contribution < 1.29 is 24.2 Å². The molecule has 0 aliphatic rings. The number of benzene rings is 1. The van der Waals surface area contributed by atoms with Crippen LogP contribution >= 0.6 is 0 Å². The van der Waals surface area contributed by atoms with Gasteiger partial charge in [-0.1, -0.05) is 18.7 Å². The summed E-state index contributed by atoms with van der Waals surface area (Å²) in [7, 11) is 1.45. The van der Waals surface area contributed by atoms with Crippen molar-refractivity contribution in [1.29, 1.82) is 0 Å². The van der Waals surface area contributed by atoms with E-state index in [0.717, 1.165) is 6.26 Å². The van der Waals surface area contributed by atoms with E-state index in [0.29, 0.717) is 5.75 Å². The number of hydrogen-bond acceptors (Lipinski definition) is 4. The van der Waals surface area contributed by atoms with Gasteiger partial charge >= 0.3 is 11.9 Å². The third kappa shape index (κ3) is 5.99. The molecule has 17 heavy (non-hydrogen) atoms. The molecule has 0 aliphatic carbocycles. The molecular formula is C12H14O5. The van der Waals surface area contributed by atoms with E-state index < -0.39 is 5.97 Å². The molecule has 5 heteroatoms. The van der Waals surface area contributed by atoms with E-state index >= 15 is 0 Å². The molecule has 0 radical (unpaired) electrons. The van der Waals surface area contributed by atoms with Gasteiger partial charge in [-0.05, 0) is 12.1 Å². The summed E-state index contributed by atoms with van der Waals surface area (Å²) in [5.41, 5.74) is 0.190. The second-order valence-corrected chi connectivity index (χ2v) is 2.78. The largest absolute Gasteiger partial charge is 0.496 e. The number of methoxy groups -OCH3 is 1. The minimum absolute atomic E-state index is 0.190. The summed E-state index contributed by atoms with van der Waals surface area (Å²) in [6, 6.07) is 6.50. The van der Waals surface area contributed by atoms with Crippen molar-refractivity contribution in [2.45, 2.75) is 6.92 Å². The molecule has 1 rings (SSSR count). The molecule has 0 saturated carbocycles. The molecule has 0 heterocycles. The van der Waals surface area contributed by atoms with Gasteiger partial charge in [0.05, 0.1) is 13.4 Å². The lowest BCUT2D eigenvalue weighted by atomic mass is 10.2. The first-order valence-electron chi connectivity index (χ1n) is 4.67. The van der Waals surface area contributed by atoms with Crippen LogP contribution in [-0.2, 0) is 9.53 Å². The summed E-state index contributed by atoms with van der Waals surface area (Å²) >= 11 is 0. The van der Waals surface area contributed by atoms with E-state index in [2.05, 4.69) is 11.3 Å². The van der Waals surface area contributed by atoms with Crippen LogP contribution in [0.2, 0.25) is 0 Å². The van der Waals surface area contributed by atoms with Gasteiger partial charge in [0.1, 0.15) is 11.3 Å². The van der Waals surface area contributed by atoms with Crippen molar-refractivity contribution in [2.75, 3.05) is 7.11 Å². The summed E-state index contributed by atoms with van der Waals surface area (Å²) in [6.45, 7) is 4.48. The lowest BCUT2D eigenvalue weighted by Gasteiger charge is -2.01. The van der Waals surface area contributed by atoms with Crippen molar-refractivity contribution in [3.05, 3.63) is 42.7 Å². The minimum Gasteiger partial charge on any atom is -0.496 e. The first-order chi connectivity index (χ1) is 8.02. The molecule has 0 unspecified atom stereocenters. The molecule has 1 N–H and O–H groups in total. The number of aromatic carboxylic acids is 1. The molecule has 92 valence electrons. The number of carbonyl (C=O) groups is 2. The van der Waals surface area contributed by atoms with Crippen molar-refractivity contribution >= 4 is 11.9 Å². The number of rotatable bonds is 3. The van der Waals surface area contributed by atoms with E-state index in [4.69, 9.17) is 9.84 Å². The Labute approximate surface area is 99.3 Å². The molecule has 0 spiro atoms. The van der Waals surface area contributed by atoms with Gasteiger partial charge in [0.15, 0.2) is 0 Å². The maximum atomic E-state index is 10.5. The highest BCUT2D eigenvalue weighted by molar-refractivity contribution is 5.90. The van der Waals surface area contributed by atoms with E-state index in [1.807, 2.05) is 0 Å². The molecule has 0 amide bonds. The number of hydrogen-bond donors (Lipinski definition) is 1. The number of carboxylic acids is 1. The van der Waals surface area contributed by atoms with Crippen molar-refractivity contribution in [3.8, 4) is 5.75 Å². The monoisotopic (exact) mass is 238 g/mol. The van der Waals surface area contributed by atoms with Crippen molar-refractivity contribution in [1.82, 2.24) is 0 Å². The highest BCUT2D eigenvalue weighted by Crippen LogP contribution is 2.16. The van der Waals surface area contributed by atoms with E-state index in [1.54, 1.807) is 18.2 Å². The van der Waals surface area contributed by atoms with Crippen LogP contribution in [0.4, 0.5) is 0 Å². The third-order valence-corrected chi connectivity index (χ3v) is 1.59. The van der Waals surface area contributed by atoms with E-state index in [9.17, 15) is 9.59 Å². The first-order valence-corrected chi connectivity index (χ1v) is 4.67. The normalized spacial score (nSPS) is 8.35. The Morgan fingerprint density at radius 1 is 1.35 bits per heavy atom. The Morgan fingerprint density at radius 2 is 1.94 bits per heavy atom. The van der Waals surface area contributed by atoms with Crippen molar-refractivity contribution in [3.63, 3.8) is 0 Å². The van der Waals surface area contributed by atoms with E-state index in [-0.39, 0.29) is 11.5 Å². The second-order valence-electron chi connectivity index (χ2n) is 2.78. The van der Waals surface area contributed by atoms with Crippen molar-refractivity contribution in [2.24, 2.45) is 0 Å². The number of carbonyl (C=O) groups excluding carboxylic acids is 1. The topological polar surface area (TPSA) is 72.8 Å². The van der Waals surface area contributed by atoms with Gasteiger partial charge in [0.25, 0.3) is 0 Å². The lowest BCUT2D eigenvalue weighted by Crippen LogP contribution is -1.99. The van der Waals surface area contributed by atoms with Crippen LogP contribution in [0, 0.1) is 0 Å². The van der Waals surface area contributed by atoms with Gasteiger partial charge in [0, 0.05) is 6.92 Å². The number of para-hydroxylation sites is 1. The van der Waals surface area contributed by atoms with Crippen LogP contribution in [0.25, 0.3) is 0 Å². The Balaban J connectivity index is 0.000000366. The zero-order valence-electron chi connectivity index (χ0n) is 9.67. The maximum absolute atomic E-state index is 10.5. The zero-order valence-corrected chi connectivity index (χ0v) is 9.67. The predicted molar refractivity (Wildman–Crippen MR) is 61.9 cm³/mol. The molecule has 0 aliphatic heterocycles. The van der Waals surface area contributed by atoms with Gasteiger partial charge in [-0.3, -0.25) is 4.79 Å². The van der Waals surface area contributed by atoms with Gasteiger partial charge in [-0.2, -0.15) is 0 Å². The summed E-state index contributed by atoms with van der Waals surface area (Å²) in [4.78, 5) is 20.3. The predicted octanol–water partition coefficient (Wildman–Crippen LogP) is 2.09. The lowest BCUT2D eigenvalue weighted by molar-refractivity contribution is -0.135. The molecule has 5 nitrogen and oxygen atoms in total. The summed E-state index contributed by atoms with van der Waals surface area (Å²) in [5, 5.41) is 8.62. The van der Waals surface area contributed by atoms with Crippen LogP contribution in [0.5, 0.6) is 5.75 Å². The highest BCUT2D eigenvalue weighted by Gasteiger charge is 2.07. The number of ether oxygens (including phenoxy) is 2. The molecular weight excluding hydrogens is 224 g/mol. The number of esters is 1. The zero-order chi connectivity index (χ0) is 13.3. The van der Waals surface area contributed by atoms with E-state index in [1.165, 1.54) is 20.1 Å². The van der Waals surface area contributed by atoms with Crippen LogP contribution in [-0.4, -0.2) is 24.2 Å². The Kier molecular flexibility index (Phi) is 6.85. The SMILES string of the molecule is C=COC(C)=O.COc1ccccc1C(=O)O. The Hall–Kier alpha value is -2.30. The first kappa shape index (κ1) is 14.7. The van der Waals surface area contributed by atoms with Gasteiger partial charge in [-0.15, -0.1) is 0 Å². The smallest absolute Gasteiger partial charge is 0.339 e. The quantitative estimate of drug-likeness (QED) is 0.644. The second kappa shape index (κ2) is 7.92. The highest BCUT2D eigenvalue weighted by atomic mass is 16.5. The third-order valence-electron chi connectivity index (χ3n) is 1.59. The molecule has 0 atom stereocenters. The molecule has 0 fully saturated rings. The summed E-state index contributed by atoms with van der Waals surface area (Å²) in [6.07, 6.45) is 1.10. The average molecular weight is 238 g/mol. The molecule has 0 saturated heterocycles. The fourth-order valence-corrected chi connectivity index (χ4v) is 0.939. The summed E-state index contributed by atoms with van der Waals surface area (Å²) in [5.74, 6) is -0.910. The average Bonchev–Trinajstić information content (AvgIpc) is 2.29. The van der Waals surface area contributed by atoms with Crippen LogP contribution < -0.4 is 4.74 Å². The van der Waals surface area contributed by atoms with Gasteiger partial charge in [-0.25, -0.2) is 4.79 Å². The van der Waals surface area contributed by atoms with Gasteiger partial charge < -0.3 is 14.6 Å². The Morgan fingerprint density at radius 3 is 2.24 bits per heavy atom. The molecule has 1 aromatic carbocycles.